The summed E-state index contributed by atoms with van der Waals surface area (Å²) in [6.07, 6.45) is -3.50. The zero-order chi connectivity index (χ0) is 30.2. The smallest absolute Gasteiger partial charge is 0.395 e. The number of halogens is 3. The zero-order valence-electron chi connectivity index (χ0n) is 23.1. The van der Waals surface area contributed by atoms with E-state index in [1.807, 2.05) is 25.1 Å². The predicted molar refractivity (Wildman–Crippen MR) is 154 cm³/mol. The molecule has 42 heavy (non-hydrogen) atoms. The van der Waals surface area contributed by atoms with E-state index in [4.69, 9.17) is 0 Å². The Bertz CT molecular complexity index is 1590. The van der Waals surface area contributed by atoms with Gasteiger partial charge in [0.25, 0.3) is 5.91 Å². The molecule has 1 amide bonds. The number of hydrogen-bond donors (Lipinski definition) is 2. The van der Waals surface area contributed by atoms with Crippen LogP contribution in [0.1, 0.15) is 27.7 Å². The number of alkyl halides is 3. The highest BCUT2D eigenvalue weighted by Gasteiger charge is 2.38. The first-order valence-corrected chi connectivity index (χ1v) is 15.9. The number of hydrogen-bond acceptors (Lipinski definition) is 10. The number of β-amino-alcohol motifs (C(OH)–C–C–N with tert-alkyl or cyclic N) is 1. The van der Waals surface area contributed by atoms with Gasteiger partial charge in [-0.05, 0) is 36.2 Å². The molecule has 2 aliphatic rings. The van der Waals surface area contributed by atoms with Crippen molar-refractivity contribution in [3.63, 3.8) is 0 Å². The van der Waals surface area contributed by atoms with Gasteiger partial charge in [-0.3, -0.25) is 9.69 Å². The van der Waals surface area contributed by atoms with E-state index >= 15 is 0 Å². The van der Waals surface area contributed by atoms with Crippen molar-refractivity contribution >= 4 is 44.4 Å². The summed E-state index contributed by atoms with van der Waals surface area (Å²) in [7, 11) is -2.42. The van der Waals surface area contributed by atoms with Crippen LogP contribution in [-0.2, 0) is 22.4 Å². The summed E-state index contributed by atoms with van der Waals surface area (Å²) >= 11 is 0.678. The molecular formula is C27H31F3N6O4S2. The molecule has 226 valence electrons. The number of thiophene rings is 1. The average molecular weight is 625 g/mol. The summed E-state index contributed by atoms with van der Waals surface area (Å²) in [6.45, 7) is 6.00. The van der Waals surface area contributed by atoms with Crippen LogP contribution in [0.2, 0.25) is 0 Å². The second kappa shape index (κ2) is 11.8. The topological polar surface area (TPSA) is 119 Å². The van der Waals surface area contributed by atoms with E-state index in [1.165, 1.54) is 11.9 Å². The Kier molecular flexibility index (Phi) is 8.47. The normalized spacial score (nSPS) is 17.7. The maximum atomic E-state index is 14.0. The minimum absolute atomic E-state index is 0.00819. The molecule has 0 atom stereocenters. The van der Waals surface area contributed by atoms with Crippen LogP contribution in [0.5, 0.6) is 0 Å². The highest BCUT2D eigenvalue weighted by Crippen LogP contribution is 2.42. The van der Waals surface area contributed by atoms with Crippen molar-refractivity contribution in [1.82, 2.24) is 19.8 Å². The minimum atomic E-state index is -4.81. The van der Waals surface area contributed by atoms with E-state index in [-0.39, 0.29) is 39.5 Å². The van der Waals surface area contributed by atoms with Gasteiger partial charge in [-0.2, -0.15) is 13.2 Å². The molecule has 1 aromatic carbocycles. The average Bonchev–Trinajstić information content (AvgIpc) is 3.40. The van der Waals surface area contributed by atoms with E-state index in [0.29, 0.717) is 36.2 Å². The van der Waals surface area contributed by atoms with Crippen LogP contribution in [-0.4, -0.2) is 97.9 Å². The third-order valence-corrected chi connectivity index (χ3v) is 10.4. The SMILES string of the molecule is CCc1cc(N2CCN(CCO)CC2)ccc1Nc1ncc(C(F)(F)F)c(-c2cc3c(s2)C(=O)N(C)CCS3(=O)=O)n1. The Morgan fingerprint density at radius 3 is 2.52 bits per heavy atom. The molecule has 1 fully saturated rings. The van der Waals surface area contributed by atoms with Gasteiger partial charge in [0.2, 0.25) is 5.95 Å². The fraction of sp³-hybridized carbons (Fsp3) is 0.444. The molecular weight excluding hydrogens is 593 g/mol. The Morgan fingerprint density at radius 2 is 1.86 bits per heavy atom. The van der Waals surface area contributed by atoms with E-state index in [9.17, 15) is 31.5 Å². The van der Waals surface area contributed by atoms with E-state index in [2.05, 4.69) is 25.1 Å². The van der Waals surface area contributed by atoms with Crippen LogP contribution in [0.3, 0.4) is 0 Å². The first kappa shape index (κ1) is 30.2. The number of aromatic nitrogens is 2. The van der Waals surface area contributed by atoms with E-state index in [0.717, 1.165) is 43.5 Å². The lowest BCUT2D eigenvalue weighted by Crippen LogP contribution is -2.47. The molecule has 0 spiro atoms. The lowest BCUT2D eigenvalue weighted by molar-refractivity contribution is -0.137. The highest BCUT2D eigenvalue weighted by molar-refractivity contribution is 7.91. The third-order valence-electron chi connectivity index (χ3n) is 7.47. The molecule has 3 aromatic rings. The number of piperazine rings is 1. The first-order chi connectivity index (χ1) is 19.9. The number of anilines is 3. The Hall–Kier alpha value is -3.27. The number of sulfone groups is 1. The molecule has 10 nitrogen and oxygen atoms in total. The van der Waals surface area contributed by atoms with Crippen LogP contribution in [0.25, 0.3) is 10.6 Å². The van der Waals surface area contributed by atoms with Gasteiger partial charge in [0, 0.05) is 63.9 Å². The highest BCUT2D eigenvalue weighted by atomic mass is 32.2. The predicted octanol–water partition coefficient (Wildman–Crippen LogP) is 3.50. The number of rotatable bonds is 7. The maximum Gasteiger partial charge on any atom is 0.420 e. The number of nitrogens with one attached hydrogen (secondary N) is 1. The third kappa shape index (κ3) is 6.09. The first-order valence-electron chi connectivity index (χ1n) is 13.5. The second-order valence-electron chi connectivity index (χ2n) is 10.2. The summed E-state index contributed by atoms with van der Waals surface area (Å²) in [5.41, 5.74) is 0.935. The molecule has 0 aliphatic carbocycles. The van der Waals surface area contributed by atoms with E-state index < -0.39 is 33.2 Å². The van der Waals surface area contributed by atoms with Crippen molar-refractivity contribution < 1.29 is 31.5 Å². The van der Waals surface area contributed by atoms with Crippen molar-refractivity contribution in [2.24, 2.45) is 0 Å². The van der Waals surface area contributed by atoms with Crippen LogP contribution in [0.4, 0.5) is 30.5 Å². The Labute approximate surface area is 245 Å². The summed E-state index contributed by atoms with van der Waals surface area (Å²) in [6, 6.07) is 6.90. The number of nitrogens with zero attached hydrogens (tertiary/aromatic N) is 5. The molecule has 15 heteroatoms. The van der Waals surface area contributed by atoms with Crippen molar-refractivity contribution in [1.29, 1.82) is 0 Å². The minimum Gasteiger partial charge on any atom is -0.395 e. The molecule has 2 aromatic heterocycles. The van der Waals surface area contributed by atoms with Crippen molar-refractivity contribution in [3.8, 4) is 10.6 Å². The lowest BCUT2D eigenvalue weighted by Gasteiger charge is -2.36. The molecule has 4 heterocycles. The maximum absolute atomic E-state index is 14.0. The second-order valence-corrected chi connectivity index (χ2v) is 13.3. The zero-order valence-corrected chi connectivity index (χ0v) is 24.7. The summed E-state index contributed by atoms with van der Waals surface area (Å²) in [5.74, 6) is -0.978. The monoisotopic (exact) mass is 624 g/mol. The van der Waals surface area contributed by atoms with Gasteiger partial charge in [-0.25, -0.2) is 18.4 Å². The van der Waals surface area contributed by atoms with Gasteiger partial charge in [-0.1, -0.05) is 6.92 Å². The summed E-state index contributed by atoms with van der Waals surface area (Å²) in [4.78, 5) is 26.1. The fourth-order valence-corrected chi connectivity index (χ4v) is 8.07. The van der Waals surface area contributed by atoms with Gasteiger partial charge >= 0.3 is 6.18 Å². The number of carbonyl (C=O) groups is 1. The van der Waals surface area contributed by atoms with Gasteiger partial charge < -0.3 is 20.2 Å². The standard InChI is InChI=1S/C27H31F3N6O4S2/c1-3-17-14-18(36-8-6-35(7-9-36)10-12-37)4-5-20(17)32-26-31-16-19(27(28,29)30)23(33-26)21-15-22-24(41-21)25(38)34(2)11-13-42(22,39)40/h4-5,14-16,37H,3,6-13H2,1-2H3,(H,31,32,33). The van der Waals surface area contributed by atoms with Crippen molar-refractivity contribution in [2.75, 3.05) is 68.9 Å². The molecule has 0 saturated carbocycles. The Morgan fingerprint density at radius 1 is 1.12 bits per heavy atom. The molecule has 2 N–H and O–H groups in total. The number of aryl methyl sites for hydroxylation is 1. The number of amides is 1. The number of carbonyl (C=O) groups excluding carboxylic acids is 1. The molecule has 5 rings (SSSR count). The molecule has 2 aliphatic heterocycles. The van der Waals surface area contributed by atoms with Crippen molar-refractivity contribution in [2.45, 2.75) is 24.4 Å². The fourth-order valence-electron chi connectivity index (χ4n) is 5.03. The van der Waals surface area contributed by atoms with Crippen LogP contribution < -0.4 is 10.2 Å². The number of aliphatic hydroxyl groups is 1. The van der Waals surface area contributed by atoms with E-state index in [1.54, 1.807) is 0 Å². The molecule has 1 saturated heterocycles. The van der Waals surface area contributed by atoms with Crippen LogP contribution in [0.15, 0.2) is 35.4 Å². The van der Waals surface area contributed by atoms with Gasteiger partial charge in [-0.15, -0.1) is 11.3 Å². The number of fused-ring (bicyclic) bond motifs is 1. The van der Waals surface area contributed by atoms with Gasteiger partial charge in [0.05, 0.1) is 27.8 Å². The summed E-state index contributed by atoms with van der Waals surface area (Å²) in [5, 5.41) is 12.2. The lowest BCUT2D eigenvalue weighted by atomic mass is 10.1. The number of aliphatic hydroxyl groups excluding tert-OH is 1. The van der Waals surface area contributed by atoms with Crippen molar-refractivity contribution in [3.05, 3.63) is 46.5 Å². The quantitative estimate of drug-likeness (QED) is 0.407. The number of benzene rings is 1. The Balaban J connectivity index is 1.47. The summed E-state index contributed by atoms with van der Waals surface area (Å²) < 4.78 is 67.7. The molecule has 0 unspecified atom stereocenters. The van der Waals surface area contributed by atoms with Gasteiger partial charge in [0.15, 0.2) is 9.84 Å². The van der Waals surface area contributed by atoms with Crippen LogP contribution in [0, 0.1) is 0 Å². The van der Waals surface area contributed by atoms with Gasteiger partial charge in [0.1, 0.15) is 10.4 Å². The molecule has 0 bridgehead atoms. The van der Waals surface area contributed by atoms with Crippen LogP contribution >= 0.6 is 11.3 Å². The largest absolute Gasteiger partial charge is 0.420 e. The molecule has 0 radical (unpaired) electrons.